The second kappa shape index (κ2) is 9.02. The fourth-order valence-electron chi connectivity index (χ4n) is 2.02. The Bertz CT molecular complexity index is 561. The summed E-state index contributed by atoms with van der Waals surface area (Å²) in [4.78, 5) is 3.98. The summed E-state index contributed by atoms with van der Waals surface area (Å²) in [5, 5.41) is 12.0. The molecule has 0 aliphatic heterocycles. The molecule has 1 aromatic heterocycles. The normalized spacial score (nSPS) is 10.5. The van der Waals surface area contributed by atoms with Crippen molar-refractivity contribution in [2.24, 2.45) is 0 Å². The lowest BCUT2D eigenvalue weighted by Crippen LogP contribution is -2.15. The van der Waals surface area contributed by atoms with Crippen molar-refractivity contribution in [3.63, 3.8) is 0 Å². The topological polar surface area (TPSA) is 63.6 Å². The number of nitrogens with one attached hydrogen (secondary N) is 1. The van der Waals surface area contributed by atoms with Crippen LogP contribution in [0, 0.1) is 0 Å². The maximum absolute atomic E-state index is 8.75. The first-order chi connectivity index (χ1) is 10.8. The third kappa shape index (κ3) is 5.02. The highest BCUT2D eigenvalue weighted by Gasteiger charge is 2.06. The van der Waals surface area contributed by atoms with Crippen LogP contribution in [0.25, 0.3) is 0 Å². The van der Waals surface area contributed by atoms with E-state index in [1.54, 1.807) is 19.5 Å². The molecular formula is C17H22N2O3. The lowest BCUT2D eigenvalue weighted by atomic mass is 10.2. The van der Waals surface area contributed by atoms with Gasteiger partial charge in [0, 0.05) is 25.5 Å². The van der Waals surface area contributed by atoms with E-state index in [1.165, 1.54) is 0 Å². The number of hydrogen-bond acceptors (Lipinski definition) is 5. The van der Waals surface area contributed by atoms with Crippen LogP contribution in [0.5, 0.6) is 11.5 Å². The molecule has 22 heavy (non-hydrogen) atoms. The molecule has 0 saturated carbocycles. The quantitative estimate of drug-likeness (QED) is 0.695. The molecule has 0 unspecified atom stereocenters. The van der Waals surface area contributed by atoms with Crippen molar-refractivity contribution in [3.8, 4) is 11.5 Å². The third-order valence-corrected chi connectivity index (χ3v) is 3.21. The van der Waals surface area contributed by atoms with Gasteiger partial charge in [-0.15, -0.1) is 0 Å². The number of aliphatic hydroxyl groups excluding tert-OH is 1. The minimum Gasteiger partial charge on any atom is -0.493 e. The number of nitrogens with zero attached hydrogens (tertiary/aromatic N) is 1. The molecule has 2 aromatic rings. The van der Waals surface area contributed by atoms with Crippen molar-refractivity contribution in [3.05, 3.63) is 53.9 Å². The Hall–Kier alpha value is -2.11. The van der Waals surface area contributed by atoms with Gasteiger partial charge in [-0.2, -0.15) is 0 Å². The van der Waals surface area contributed by atoms with Crippen LogP contribution in [0.4, 0.5) is 0 Å². The maximum atomic E-state index is 8.75. The Morgan fingerprint density at radius 3 is 2.64 bits per heavy atom. The molecule has 0 aliphatic rings. The number of hydrogen-bond donors (Lipinski definition) is 2. The van der Waals surface area contributed by atoms with Crippen LogP contribution in [0.3, 0.4) is 0 Å². The SMILES string of the molecule is COc1cc(CNCCCO)ccc1OCc1ccncc1. The zero-order valence-corrected chi connectivity index (χ0v) is 12.8. The van der Waals surface area contributed by atoms with Gasteiger partial charge in [0.05, 0.1) is 7.11 Å². The number of pyridine rings is 1. The first-order valence-corrected chi connectivity index (χ1v) is 7.33. The van der Waals surface area contributed by atoms with Crippen molar-refractivity contribution in [2.45, 2.75) is 19.6 Å². The number of methoxy groups -OCH3 is 1. The number of rotatable bonds is 9. The highest BCUT2D eigenvalue weighted by Crippen LogP contribution is 2.28. The summed E-state index contributed by atoms with van der Waals surface area (Å²) < 4.78 is 11.2. The predicted molar refractivity (Wildman–Crippen MR) is 85.0 cm³/mol. The van der Waals surface area contributed by atoms with Gasteiger partial charge in [0.25, 0.3) is 0 Å². The second-order valence-corrected chi connectivity index (χ2v) is 4.88. The third-order valence-electron chi connectivity index (χ3n) is 3.21. The molecule has 2 N–H and O–H groups in total. The molecule has 0 saturated heterocycles. The molecule has 0 bridgehead atoms. The monoisotopic (exact) mass is 302 g/mol. The van der Waals surface area contributed by atoms with E-state index in [2.05, 4.69) is 10.3 Å². The van der Waals surface area contributed by atoms with Crippen LogP contribution < -0.4 is 14.8 Å². The van der Waals surface area contributed by atoms with Gasteiger partial charge < -0.3 is 19.9 Å². The lowest BCUT2D eigenvalue weighted by molar-refractivity contribution is 0.283. The van der Waals surface area contributed by atoms with E-state index in [1.807, 2.05) is 30.3 Å². The zero-order valence-electron chi connectivity index (χ0n) is 12.8. The Morgan fingerprint density at radius 1 is 1.09 bits per heavy atom. The fraction of sp³-hybridized carbons (Fsp3) is 0.353. The molecule has 0 radical (unpaired) electrons. The van der Waals surface area contributed by atoms with Crippen molar-refractivity contribution in [1.29, 1.82) is 0 Å². The van der Waals surface area contributed by atoms with E-state index in [0.29, 0.717) is 6.61 Å². The first kappa shape index (κ1) is 16.3. The Labute approximate surface area is 130 Å². The van der Waals surface area contributed by atoms with Crippen LogP contribution in [-0.4, -0.2) is 30.4 Å². The van der Waals surface area contributed by atoms with E-state index in [-0.39, 0.29) is 6.61 Å². The van der Waals surface area contributed by atoms with E-state index in [4.69, 9.17) is 14.6 Å². The Morgan fingerprint density at radius 2 is 1.91 bits per heavy atom. The summed E-state index contributed by atoms with van der Waals surface area (Å²) >= 11 is 0. The lowest BCUT2D eigenvalue weighted by Gasteiger charge is -2.12. The van der Waals surface area contributed by atoms with Crippen molar-refractivity contribution in [2.75, 3.05) is 20.3 Å². The summed E-state index contributed by atoms with van der Waals surface area (Å²) in [5.74, 6) is 1.44. The molecule has 5 nitrogen and oxygen atoms in total. The summed E-state index contributed by atoms with van der Waals surface area (Å²) in [6.07, 6.45) is 4.25. The number of aliphatic hydroxyl groups is 1. The number of benzene rings is 1. The van der Waals surface area contributed by atoms with E-state index < -0.39 is 0 Å². The zero-order chi connectivity index (χ0) is 15.6. The minimum absolute atomic E-state index is 0.206. The van der Waals surface area contributed by atoms with E-state index >= 15 is 0 Å². The van der Waals surface area contributed by atoms with Gasteiger partial charge in [0.15, 0.2) is 11.5 Å². The highest BCUT2D eigenvalue weighted by molar-refractivity contribution is 5.43. The maximum Gasteiger partial charge on any atom is 0.161 e. The Balaban J connectivity index is 1.93. The van der Waals surface area contributed by atoms with Gasteiger partial charge in [-0.05, 0) is 48.4 Å². The molecule has 1 aromatic carbocycles. The largest absolute Gasteiger partial charge is 0.493 e. The van der Waals surface area contributed by atoms with Gasteiger partial charge in [0.1, 0.15) is 6.61 Å². The van der Waals surface area contributed by atoms with Gasteiger partial charge in [0.2, 0.25) is 0 Å². The van der Waals surface area contributed by atoms with Crippen molar-refractivity contribution < 1.29 is 14.6 Å². The number of ether oxygens (including phenoxy) is 2. The molecule has 0 fully saturated rings. The van der Waals surface area contributed by atoms with Crippen LogP contribution in [0.2, 0.25) is 0 Å². The molecule has 0 atom stereocenters. The van der Waals surface area contributed by atoms with Crippen LogP contribution in [0.1, 0.15) is 17.5 Å². The molecular weight excluding hydrogens is 280 g/mol. The molecule has 5 heteroatoms. The average molecular weight is 302 g/mol. The standard InChI is InChI=1S/C17H22N2O3/c1-21-17-11-15(12-19-7-2-10-20)3-4-16(17)22-13-14-5-8-18-9-6-14/h3-6,8-9,11,19-20H,2,7,10,12-13H2,1H3. The molecule has 1 heterocycles. The van der Waals surface area contributed by atoms with Crippen LogP contribution in [-0.2, 0) is 13.2 Å². The van der Waals surface area contributed by atoms with Gasteiger partial charge in [-0.1, -0.05) is 6.07 Å². The molecule has 0 aliphatic carbocycles. The van der Waals surface area contributed by atoms with Gasteiger partial charge in [-0.3, -0.25) is 4.98 Å². The summed E-state index contributed by atoms with van der Waals surface area (Å²) in [6.45, 7) is 2.21. The predicted octanol–water partition coefficient (Wildman–Crippen LogP) is 2.14. The summed E-state index contributed by atoms with van der Waals surface area (Å²) in [6, 6.07) is 9.74. The van der Waals surface area contributed by atoms with Crippen LogP contribution >= 0.6 is 0 Å². The smallest absolute Gasteiger partial charge is 0.161 e. The van der Waals surface area contributed by atoms with Gasteiger partial charge in [-0.25, -0.2) is 0 Å². The average Bonchev–Trinajstić information content (AvgIpc) is 2.58. The Kier molecular flexibility index (Phi) is 6.67. The van der Waals surface area contributed by atoms with Crippen molar-refractivity contribution in [1.82, 2.24) is 10.3 Å². The number of aromatic nitrogens is 1. The molecule has 0 amide bonds. The molecule has 0 spiro atoms. The summed E-state index contributed by atoms with van der Waals surface area (Å²) in [7, 11) is 1.64. The first-order valence-electron chi connectivity index (χ1n) is 7.33. The van der Waals surface area contributed by atoms with Crippen LogP contribution in [0.15, 0.2) is 42.7 Å². The van der Waals surface area contributed by atoms with E-state index in [0.717, 1.165) is 42.1 Å². The van der Waals surface area contributed by atoms with Gasteiger partial charge >= 0.3 is 0 Å². The fourth-order valence-corrected chi connectivity index (χ4v) is 2.02. The highest BCUT2D eigenvalue weighted by atomic mass is 16.5. The molecule has 2 rings (SSSR count). The minimum atomic E-state index is 0.206. The summed E-state index contributed by atoms with van der Waals surface area (Å²) in [5.41, 5.74) is 2.18. The van der Waals surface area contributed by atoms with Crippen molar-refractivity contribution >= 4 is 0 Å². The molecule has 118 valence electrons. The second-order valence-electron chi connectivity index (χ2n) is 4.88. The van der Waals surface area contributed by atoms with E-state index in [9.17, 15) is 0 Å².